The summed E-state index contributed by atoms with van der Waals surface area (Å²) in [5.41, 5.74) is -0.285. The van der Waals surface area contributed by atoms with Gasteiger partial charge in [0, 0.05) is 23.3 Å². The predicted octanol–water partition coefficient (Wildman–Crippen LogP) is 5.31. The first-order valence-corrected chi connectivity index (χ1v) is 9.20. The summed E-state index contributed by atoms with van der Waals surface area (Å²) in [6.07, 6.45) is -3.08. The minimum atomic E-state index is -4.63. The van der Waals surface area contributed by atoms with Gasteiger partial charge in [0.2, 0.25) is 0 Å². The summed E-state index contributed by atoms with van der Waals surface area (Å²) in [6.45, 7) is 0. The van der Waals surface area contributed by atoms with Crippen LogP contribution < -0.4 is 10.9 Å². The molecule has 0 aliphatic carbocycles. The highest BCUT2D eigenvalue weighted by molar-refractivity contribution is 9.10. The van der Waals surface area contributed by atoms with Gasteiger partial charge in [-0.1, -0.05) is 18.2 Å². The van der Waals surface area contributed by atoms with E-state index in [-0.39, 0.29) is 5.65 Å². The maximum Gasteiger partial charge on any atom is 0.433 e. The molecule has 3 heterocycles. The molecule has 1 N–H and O–H groups in total. The van der Waals surface area contributed by atoms with Crippen LogP contribution in [0, 0.1) is 0 Å². The average molecular weight is 461 g/mol. The summed E-state index contributed by atoms with van der Waals surface area (Å²) < 4.78 is 41.5. The number of hydrogen-bond donors (Lipinski definition) is 1. The van der Waals surface area contributed by atoms with Crippen LogP contribution in [-0.4, -0.2) is 14.5 Å². The van der Waals surface area contributed by atoms with Crippen LogP contribution in [-0.2, 0) is 6.18 Å². The molecule has 0 spiro atoms. The fourth-order valence-corrected chi connectivity index (χ4v) is 3.29. The summed E-state index contributed by atoms with van der Waals surface area (Å²) >= 11 is 3.26. The number of halogens is 4. The van der Waals surface area contributed by atoms with Crippen molar-refractivity contribution in [3.8, 4) is 5.69 Å². The maximum absolute atomic E-state index is 13.3. The average Bonchev–Trinajstić information content (AvgIpc) is 2.67. The monoisotopic (exact) mass is 460 g/mol. The van der Waals surface area contributed by atoms with Gasteiger partial charge in [0.1, 0.15) is 15.9 Å². The predicted molar refractivity (Wildman–Crippen MR) is 108 cm³/mol. The Bertz CT molecular complexity index is 1260. The van der Waals surface area contributed by atoms with Crippen molar-refractivity contribution < 1.29 is 13.2 Å². The Morgan fingerprint density at radius 2 is 1.76 bits per heavy atom. The van der Waals surface area contributed by atoms with E-state index in [9.17, 15) is 18.0 Å². The first kappa shape index (κ1) is 19.1. The third kappa shape index (κ3) is 3.86. The lowest BCUT2D eigenvalue weighted by Crippen LogP contribution is -2.21. The van der Waals surface area contributed by atoms with Crippen LogP contribution in [0.4, 0.5) is 24.5 Å². The van der Waals surface area contributed by atoms with Crippen molar-refractivity contribution in [2.24, 2.45) is 0 Å². The summed E-state index contributed by atoms with van der Waals surface area (Å²) in [7, 11) is 0. The van der Waals surface area contributed by atoms with E-state index in [1.165, 1.54) is 12.1 Å². The molecule has 9 heteroatoms. The van der Waals surface area contributed by atoms with Crippen molar-refractivity contribution in [1.29, 1.82) is 0 Å². The molecule has 146 valence electrons. The van der Waals surface area contributed by atoms with E-state index in [4.69, 9.17) is 0 Å². The zero-order chi connectivity index (χ0) is 20.6. The topological polar surface area (TPSA) is 59.8 Å². The van der Waals surface area contributed by atoms with Crippen molar-refractivity contribution in [3.05, 3.63) is 87.5 Å². The number of pyridine rings is 3. The Kier molecular flexibility index (Phi) is 4.83. The fourth-order valence-electron chi connectivity index (χ4n) is 2.92. The van der Waals surface area contributed by atoms with E-state index < -0.39 is 17.4 Å². The van der Waals surface area contributed by atoms with Gasteiger partial charge in [0.05, 0.1) is 11.4 Å². The third-order valence-electron chi connectivity index (χ3n) is 4.18. The minimum absolute atomic E-state index is 0.0888. The normalized spacial score (nSPS) is 11.6. The number of aromatic nitrogens is 3. The number of alkyl halides is 3. The van der Waals surface area contributed by atoms with E-state index in [1.807, 2.05) is 0 Å². The summed E-state index contributed by atoms with van der Waals surface area (Å²) in [6, 6.07) is 15.3. The van der Waals surface area contributed by atoms with Gasteiger partial charge in [0.25, 0.3) is 5.56 Å². The van der Waals surface area contributed by atoms with Crippen LogP contribution in [0.2, 0.25) is 0 Å². The van der Waals surface area contributed by atoms with Crippen LogP contribution in [0.1, 0.15) is 5.69 Å². The van der Waals surface area contributed by atoms with E-state index in [2.05, 4.69) is 31.2 Å². The van der Waals surface area contributed by atoms with Gasteiger partial charge >= 0.3 is 6.18 Å². The summed E-state index contributed by atoms with van der Waals surface area (Å²) in [5, 5.41) is 3.43. The number of para-hydroxylation sites is 1. The van der Waals surface area contributed by atoms with Crippen LogP contribution in [0.3, 0.4) is 0 Å². The lowest BCUT2D eigenvalue weighted by atomic mass is 10.2. The number of nitrogens with one attached hydrogen (secondary N) is 1. The Morgan fingerprint density at radius 1 is 1.00 bits per heavy atom. The van der Waals surface area contributed by atoms with Crippen LogP contribution in [0.25, 0.3) is 16.7 Å². The molecule has 29 heavy (non-hydrogen) atoms. The molecule has 4 rings (SSSR count). The van der Waals surface area contributed by atoms with Gasteiger partial charge in [-0.2, -0.15) is 13.2 Å². The van der Waals surface area contributed by atoms with Crippen molar-refractivity contribution >= 4 is 38.3 Å². The van der Waals surface area contributed by atoms with E-state index in [0.29, 0.717) is 27.1 Å². The molecular weight excluding hydrogens is 449 g/mol. The molecule has 0 amide bonds. The number of rotatable bonds is 3. The van der Waals surface area contributed by atoms with Gasteiger partial charge in [-0.25, -0.2) is 9.97 Å². The van der Waals surface area contributed by atoms with Crippen LogP contribution in [0.5, 0.6) is 0 Å². The summed E-state index contributed by atoms with van der Waals surface area (Å²) in [4.78, 5) is 20.7. The molecule has 1 aromatic carbocycles. The number of fused-ring (bicyclic) bond motifs is 1. The van der Waals surface area contributed by atoms with Crippen LogP contribution in [0.15, 0.2) is 76.3 Å². The maximum atomic E-state index is 13.3. The molecule has 0 atom stereocenters. The van der Waals surface area contributed by atoms with Crippen LogP contribution >= 0.6 is 15.9 Å². The van der Waals surface area contributed by atoms with Gasteiger partial charge in [-0.05, 0) is 52.3 Å². The highest BCUT2D eigenvalue weighted by Gasteiger charge is 2.33. The summed E-state index contributed by atoms with van der Waals surface area (Å²) in [5.74, 6) is 0. The highest BCUT2D eigenvalue weighted by Crippen LogP contribution is 2.32. The number of anilines is 2. The molecule has 0 bridgehead atoms. The van der Waals surface area contributed by atoms with E-state index in [0.717, 1.165) is 10.6 Å². The molecule has 0 aliphatic rings. The Balaban J connectivity index is 1.99. The smallest absolute Gasteiger partial charge is 0.355 e. The molecule has 5 nitrogen and oxygen atoms in total. The molecule has 4 aromatic rings. The van der Waals surface area contributed by atoms with E-state index >= 15 is 0 Å². The van der Waals surface area contributed by atoms with Gasteiger partial charge in [0.15, 0.2) is 0 Å². The fraction of sp³-hybridized carbons (Fsp3) is 0.0500. The van der Waals surface area contributed by atoms with Crippen molar-refractivity contribution in [2.45, 2.75) is 6.18 Å². The Labute approximate surface area is 171 Å². The van der Waals surface area contributed by atoms with Gasteiger partial charge in [-0.3, -0.25) is 9.36 Å². The highest BCUT2D eigenvalue weighted by atomic mass is 79.9. The quantitative estimate of drug-likeness (QED) is 0.421. The number of nitrogens with zero attached hydrogens (tertiary/aromatic N) is 3. The lowest BCUT2D eigenvalue weighted by Gasteiger charge is -2.16. The SMILES string of the molecule is O=c1cc(Nc2ccnc(Br)c2)c2ccc(C(F)(F)F)nc2n1-c1ccccc1. The number of hydrogen-bond acceptors (Lipinski definition) is 4. The first-order chi connectivity index (χ1) is 13.8. The standard InChI is InChI=1S/C20H12BrF3N4O/c21-17-10-12(8-9-25-17)26-15-11-18(29)28(13-4-2-1-3-5-13)19-14(15)6-7-16(27-19)20(22,23)24/h1-11H,(H,25,26). The molecule has 0 unspecified atom stereocenters. The minimum Gasteiger partial charge on any atom is -0.355 e. The third-order valence-corrected chi connectivity index (χ3v) is 4.61. The second-order valence-electron chi connectivity index (χ2n) is 6.12. The molecular formula is C20H12BrF3N4O. The Hall–Kier alpha value is -3.20. The molecule has 0 radical (unpaired) electrons. The lowest BCUT2D eigenvalue weighted by molar-refractivity contribution is -0.141. The number of benzene rings is 1. The second kappa shape index (κ2) is 7.32. The first-order valence-electron chi connectivity index (χ1n) is 8.41. The molecule has 0 saturated carbocycles. The second-order valence-corrected chi connectivity index (χ2v) is 6.94. The largest absolute Gasteiger partial charge is 0.433 e. The zero-order valence-corrected chi connectivity index (χ0v) is 16.2. The molecule has 0 fully saturated rings. The van der Waals surface area contributed by atoms with Crippen molar-refractivity contribution in [2.75, 3.05) is 5.32 Å². The molecule has 3 aromatic heterocycles. The molecule has 0 aliphatic heterocycles. The Morgan fingerprint density at radius 3 is 2.45 bits per heavy atom. The van der Waals surface area contributed by atoms with Gasteiger partial charge < -0.3 is 5.32 Å². The van der Waals surface area contributed by atoms with Crippen molar-refractivity contribution in [1.82, 2.24) is 14.5 Å². The zero-order valence-electron chi connectivity index (χ0n) is 14.6. The van der Waals surface area contributed by atoms with Crippen molar-refractivity contribution in [3.63, 3.8) is 0 Å². The molecule has 0 saturated heterocycles. The van der Waals surface area contributed by atoms with E-state index in [1.54, 1.807) is 48.7 Å². The van der Waals surface area contributed by atoms with Gasteiger partial charge in [-0.15, -0.1) is 0 Å².